The van der Waals surface area contributed by atoms with Gasteiger partial charge in [0.2, 0.25) is 0 Å². The van der Waals surface area contributed by atoms with Crippen LogP contribution in [0.1, 0.15) is 31.2 Å². The predicted octanol–water partition coefficient (Wildman–Crippen LogP) is 3.98. The van der Waals surface area contributed by atoms with E-state index in [0.717, 1.165) is 11.3 Å². The number of allylic oxidation sites excluding steroid dienone is 1. The maximum absolute atomic E-state index is 13.8. The number of nitrogens with zero attached hydrogens (tertiary/aromatic N) is 3. The molecule has 0 saturated heterocycles. The third-order valence-electron chi connectivity index (χ3n) is 6.52. The number of nitro benzene ring substituents is 1. The minimum absolute atomic E-state index is 0.159. The highest BCUT2D eigenvalue weighted by Gasteiger charge is 2.35. The first-order valence-corrected chi connectivity index (χ1v) is 13.3. The molecule has 41 heavy (non-hydrogen) atoms. The number of hydrogen-bond donors (Lipinski definition) is 0. The first-order valence-electron chi connectivity index (χ1n) is 12.5. The second kappa shape index (κ2) is 11.3. The quantitative estimate of drug-likeness (QED) is 0.175. The van der Waals surface area contributed by atoms with Crippen LogP contribution in [-0.2, 0) is 9.53 Å². The molecule has 1 aliphatic heterocycles. The number of rotatable bonds is 8. The van der Waals surface area contributed by atoms with Crippen molar-refractivity contribution < 1.29 is 28.3 Å². The van der Waals surface area contributed by atoms with Crippen molar-refractivity contribution in [3.05, 3.63) is 107 Å². The van der Waals surface area contributed by atoms with E-state index >= 15 is 0 Å². The minimum atomic E-state index is -0.835. The van der Waals surface area contributed by atoms with E-state index in [1.54, 1.807) is 68.5 Å². The number of esters is 1. The third kappa shape index (κ3) is 5.05. The lowest BCUT2D eigenvalue weighted by atomic mass is 9.95. The van der Waals surface area contributed by atoms with Gasteiger partial charge >= 0.3 is 5.97 Å². The van der Waals surface area contributed by atoms with Crippen molar-refractivity contribution in [2.24, 2.45) is 4.99 Å². The number of carbonyl (C=O) groups is 1. The number of furan rings is 1. The topological polar surface area (TPSA) is 135 Å². The highest BCUT2D eigenvalue weighted by molar-refractivity contribution is 7.07. The van der Waals surface area contributed by atoms with Crippen LogP contribution in [0.15, 0.2) is 80.1 Å². The van der Waals surface area contributed by atoms with Crippen molar-refractivity contribution in [3.8, 4) is 22.8 Å². The zero-order valence-corrected chi connectivity index (χ0v) is 23.4. The van der Waals surface area contributed by atoms with Crippen LogP contribution in [-0.4, -0.2) is 36.3 Å². The molecule has 0 N–H and O–H groups in total. The summed E-state index contributed by atoms with van der Waals surface area (Å²) in [5, 5.41) is 11.7. The zero-order chi connectivity index (χ0) is 29.3. The second-order valence-electron chi connectivity index (χ2n) is 8.89. The van der Waals surface area contributed by atoms with Crippen molar-refractivity contribution in [3.63, 3.8) is 0 Å². The molecule has 4 aromatic rings. The molecule has 3 heterocycles. The maximum atomic E-state index is 13.8. The fourth-order valence-electron chi connectivity index (χ4n) is 4.68. The number of aromatic nitrogens is 1. The molecule has 0 fully saturated rings. The van der Waals surface area contributed by atoms with Crippen molar-refractivity contribution in [1.82, 2.24) is 4.57 Å². The van der Waals surface area contributed by atoms with Crippen LogP contribution in [0.25, 0.3) is 17.4 Å². The van der Waals surface area contributed by atoms with Crippen molar-refractivity contribution in [1.29, 1.82) is 0 Å². The smallest absolute Gasteiger partial charge is 0.338 e. The summed E-state index contributed by atoms with van der Waals surface area (Å²) >= 11 is 1.13. The van der Waals surface area contributed by atoms with Gasteiger partial charge in [-0.2, -0.15) is 0 Å². The minimum Gasteiger partial charge on any atom is -0.497 e. The SMILES string of the molecule is CCOC(=O)C1=C(C)N=c2s/c(=C\c3ccc(-c4ccc(OC)cc4[N+](=O)[O-])o3)c(=O)n2[C@H]1c1ccccc1OC. The lowest BCUT2D eigenvalue weighted by Crippen LogP contribution is -2.40. The van der Waals surface area contributed by atoms with Crippen LogP contribution in [0.5, 0.6) is 11.5 Å². The van der Waals surface area contributed by atoms with Crippen molar-refractivity contribution in [2.75, 3.05) is 20.8 Å². The number of para-hydroxylation sites is 1. The molecular formula is C29H25N3O8S. The molecule has 2 aromatic heterocycles. The van der Waals surface area contributed by atoms with Crippen LogP contribution in [0, 0.1) is 10.1 Å². The van der Waals surface area contributed by atoms with E-state index in [2.05, 4.69) is 4.99 Å². The molecule has 0 aliphatic carbocycles. The average Bonchev–Trinajstić information content (AvgIpc) is 3.56. The van der Waals surface area contributed by atoms with Gasteiger partial charge in [0.25, 0.3) is 11.2 Å². The van der Waals surface area contributed by atoms with Gasteiger partial charge in [-0.15, -0.1) is 0 Å². The predicted molar refractivity (Wildman–Crippen MR) is 151 cm³/mol. The maximum Gasteiger partial charge on any atom is 0.338 e. The van der Waals surface area contributed by atoms with Gasteiger partial charge in [0.05, 0.1) is 53.2 Å². The van der Waals surface area contributed by atoms with E-state index in [4.69, 9.17) is 18.6 Å². The Morgan fingerprint density at radius 2 is 1.95 bits per heavy atom. The summed E-state index contributed by atoms with van der Waals surface area (Å²) in [7, 11) is 2.94. The molecule has 5 rings (SSSR count). The van der Waals surface area contributed by atoms with Crippen molar-refractivity contribution >= 4 is 29.1 Å². The number of benzene rings is 2. The van der Waals surface area contributed by atoms with Gasteiger partial charge in [-0.3, -0.25) is 19.5 Å². The van der Waals surface area contributed by atoms with Gasteiger partial charge < -0.3 is 18.6 Å². The van der Waals surface area contributed by atoms with Gasteiger partial charge in [-0.1, -0.05) is 29.5 Å². The summed E-state index contributed by atoms with van der Waals surface area (Å²) in [6.07, 6.45) is 1.55. The van der Waals surface area contributed by atoms with E-state index in [9.17, 15) is 19.7 Å². The Morgan fingerprint density at radius 1 is 1.17 bits per heavy atom. The third-order valence-corrected chi connectivity index (χ3v) is 7.50. The summed E-state index contributed by atoms with van der Waals surface area (Å²) in [5.41, 5.74) is 0.965. The number of fused-ring (bicyclic) bond motifs is 1. The van der Waals surface area contributed by atoms with Gasteiger partial charge in [-0.25, -0.2) is 9.79 Å². The number of nitro groups is 1. The van der Waals surface area contributed by atoms with Crippen LogP contribution >= 0.6 is 11.3 Å². The molecule has 0 spiro atoms. The summed E-state index contributed by atoms with van der Waals surface area (Å²) in [6, 6.07) is 14.0. The zero-order valence-electron chi connectivity index (χ0n) is 22.6. The standard InChI is InChI=1S/C29H25N3O8S/c1-5-39-28(34)25-16(2)30-29-31(26(25)20-8-6-7-9-22(20)38-4)27(33)24(41-29)15-18-11-13-23(40-18)19-12-10-17(37-3)14-21(19)32(35)36/h6-15,26H,5H2,1-4H3/b24-15-/t26-/m0/s1. The number of ether oxygens (including phenoxy) is 3. The van der Waals surface area contributed by atoms with Gasteiger partial charge in [0.15, 0.2) is 4.80 Å². The molecule has 0 amide bonds. The average molecular weight is 576 g/mol. The fourth-order valence-corrected chi connectivity index (χ4v) is 5.71. The van der Waals surface area contributed by atoms with E-state index in [-0.39, 0.29) is 29.2 Å². The van der Waals surface area contributed by atoms with Crippen molar-refractivity contribution in [2.45, 2.75) is 19.9 Å². The second-order valence-corrected chi connectivity index (χ2v) is 9.90. The Bertz CT molecular complexity index is 1880. The molecule has 12 heteroatoms. The Balaban J connectivity index is 1.65. The fraction of sp³-hybridized carbons (Fsp3) is 0.207. The Kier molecular flexibility index (Phi) is 7.58. The van der Waals surface area contributed by atoms with E-state index < -0.39 is 22.5 Å². The Labute approximate surface area is 237 Å². The van der Waals surface area contributed by atoms with Crippen LogP contribution < -0.4 is 24.4 Å². The van der Waals surface area contributed by atoms with Crippen LogP contribution in [0.4, 0.5) is 5.69 Å². The molecule has 1 aliphatic rings. The molecule has 0 unspecified atom stereocenters. The number of thiazole rings is 1. The molecule has 0 bridgehead atoms. The van der Waals surface area contributed by atoms with E-state index in [1.807, 2.05) is 0 Å². The normalized spacial score (nSPS) is 14.8. The number of hydrogen-bond acceptors (Lipinski definition) is 10. The summed E-state index contributed by atoms with van der Waals surface area (Å²) < 4.78 is 23.7. The van der Waals surface area contributed by atoms with Gasteiger partial charge in [0.1, 0.15) is 29.1 Å². The summed E-state index contributed by atoms with van der Waals surface area (Å²) in [5.74, 6) is 0.836. The van der Waals surface area contributed by atoms with Gasteiger partial charge in [-0.05, 0) is 44.2 Å². The Hall–Kier alpha value is -4.97. The molecular weight excluding hydrogens is 550 g/mol. The Morgan fingerprint density at radius 3 is 2.66 bits per heavy atom. The molecule has 2 aromatic carbocycles. The molecule has 11 nitrogen and oxygen atoms in total. The molecule has 1 atom stereocenters. The monoisotopic (exact) mass is 575 g/mol. The summed E-state index contributed by atoms with van der Waals surface area (Å²) in [6.45, 7) is 3.57. The van der Waals surface area contributed by atoms with Crippen LogP contribution in [0.2, 0.25) is 0 Å². The first-order chi connectivity index (χ1) is 19.8. The highest BCUT2D eigenvalue weighted by atomic mass is 32.1. The molecule has 0 saturated carbocycles. The number of carbonyl (C=O) groups excluding carboxylic acids is 1. The van der Waals surface area contributed by atoms with E-state index in [1.165, 1.54) is 24.9 Å². The molecule has 210 valence electrons. The van der Waals surface area contributed by atoms with Crippen LogP contribution in [0.3, 0.4) is 0 Å². The number of methoxy groups -OCH3 is 2. The lowest BCUT2D eigenvalue weighted by Gasteiger charge is -2.25. The summed E-state index contributed by atoms with van der Waals surface area (Å²) in [4.78, 5) is 43.0. The first kappa shape index (κ1) is 27.6. The molecule has 0 radical (unpaired) electrons. The van der Waals surface area contributed by atoms with E-state index in [0.29, 0.717) is 37.9 Å². The highest BCUT2D eigenvalue weighted by Crippen LogP contribution is 2.36. The van der Waals surface area contributed by atoms with Gasteiger partial charge in [0, 0.05) is 11.6 Å². The largest absolute Gasteiger partial charge is 0.497 e. The lowest BCUT2D eigenvalue weighted by molar-refractivity contribution is -0.384.